The molecule has 2 heterocycles. The monoisotopic (exact) mass is 315 g/mol. The predicted octanol–water partition coefficient (Wildman–Crippen LogP) is 2.58. The first-order valence-corrected chi connectivity index (χ1v) is 8.83. The van der Waals surface area contributed by atoms with Crippen LogP contribution in [0.4, 0.5) is 0 Å². The Balaban J connectivity index is 1.62. The molecule has 1 unspecified atom stereocenters. The van der Waals surface area contributed by atoms with Crippen LogP contribution in [0.3, 0.4) is 0 Å². The summed E-state index contributed by atoms with van der Waals surface area (Å²) in [5.74, 6) is 1.53. The van der Waals surface area contributed by atoms with Gasteiger partial charge in [-0.2, -0.15) is 0 Å². The third-order valence-corrected chi connectivity index (χ3v) is 5.41. The number of hydrogen-bond acceptors (Lipinski definition) is 4. The molecule has 2 aliphatic heterocycles. The van der Waals surface area contributed by atoms with Crippen molar-refractivity contribution < 1.29 is 14.3 Å². The maximum Gasteiger partial charge on any atom is 0.316 e. The molecule has 4 rings (SSSR count). The van der Waals surface area contributed by atoms with Crippen LogP contribution in [-0.2, 0) is 21.4 Å². The molecule has 1 saturated heterocycles. The first-order chi connectivity index (χ1) is 11.1. The number of rotatable bonds is 5. The lowest BCUT2D eigenvalue weighted by molar-refractivity contribution is -0.158. The van der Waals surface area contributed by atoms with E-state index in [0.717, 1.165) is 50.3 Å². The van der Waals surface area contributed by atoms with Gasteiger partial charge in [-0.05, 0) is 49.3 Å². The summed E-state index contributed by atoms with van der Waals surface area (Å²) in [7, 11) is 0. The molecule has 3 aliphatic rings. The van der Waals surface area contributed by atoms with Crippen LogP contribution >= 0.6 is 0 Å². The van der Waals surface area contributed by atoms with Crippen LogP contribution in [0.2, 0.25) is 0 Å². The second-order valence-corrected chi connectivity index (χ2v) is 7.44. The van der Waals surface area contributed by atoms with E-state index in [0.29, 0.717) is 5.92 Å². The zero-order valence-corrected chi connectivity index (χ0v) is 13.8. The largest absolute Gasteiger partial charge is 0.493 e. The SMILES string of the molecule is CC(CC1CC1)(C(=O)OC1CNC1)c1ccc2c(c1)OCCC2. The summed E-state index contributed by atoms with van der Waals surface area (Å²) in [4.78, 5) is 12.9. The minimum absolute atomic E-state index is 0.0369. The lowest BCUT2D eigenvalue weighted by Crippen LogP contribution is -2.51. The molecule has 1 N–H and O–H groups in total. The Labute approximate surface area is 137 Å². The molecule has 1 saturated carbocycles. The summed E-state index contributed by atoms with van der Waals surface area (Å²) in [5, 5.41) is 3.15. The number of aryl methyl sites for hydroxylation is 1. The van der Waals surface area contributed by atoms with Gasteiger partial charge in [0.15, 0.2) is 0 Å². The maximum absolute atomic E-state index is 12.9. The number of benzene rings is 1. The van der Waals surface area contributed by atoms with Crippen LogP contribution < -0.4 is 10.1 Å². The lowest BCUT2D eigenvalue weighted by Gasteiger charge is -2.34. The van der Waals surface area contributed by atoms with E-state index in [1.54, 1.807) is 0 Å². The fourth-order valence-corrected chi connectivity index (χ4v) is 3.53. The van der Waals surface area contributed by atoms with E-state index in [9.17, 15) is 4.79 Å². The molecular formula is C19H25NO3. The number of hydrogen-bond donors (Lipinski definition) is 1. The Morgan fingerprint density at radius 2 is 2.22 bits per heavy atom. The summed E-state index contributed by atoms with van der Waals surface area (Å²) >= 11 is 0. The third kappa shape index (κ3) is 2.97. The van der Waals surface area contributed by atoms with Crippen molar-refractivity contribution in [2.45, 2.75) is 50.5 Å². The predicted molar refractivity (Wildman–Crippen MR) is 87.7 cm³/mol. The lowest BCUT2D eigenvalue weighted by atomic mass is 9.77. The molecule has 1 aliphatic carbocycles. The van der Waals surface area contributed by atoms with Crippen molar-refractivity contribution in [2.24, 2.45) is 5.92 Å². The van der Waals surface area contributed by atoms with Gasteiger partial charge in [0.05, 0.1) is 12.0 Å². The third-order valence-electron chi connectivity index (χ3n) is 5.41. The first kappa shape index (κ1) is 15.0. The van der Waals surface area contributed by atoms with E-state index in [1.165, 1.54) is 18.4 Å². The van der Waals surface area contributed by atoms with Crippen molar-refractivity contribution in [3.63, 3.8) is 0 Å². The fourth-order valence-electron chi connectivity index (χ4n) is 3.53. The molecule has 124 valence electrons. The summed E-state index contributed by atoms with van der Waals surface area (Å²) in [6.07, 6.45) is 5.51. The van der Waals surface area contributed by atoms with E-state index >= 15 is 0 Å². The second kappa shape index (κ2) is 5.82. The van der Waals surface area contributed by atoms with Crippen LogP contribution in [0.15, 0.2) is 18.2 Å². The molecule has 0 aromatic heterocycles. The first-order valence-electron chi connectivity index (χ1n) is 8.83. The van der Waals surface area contributed by atoms with E-state index in [1.807, 2.05) is 6.92 Å². The summed E-state index contributed by atoms with van der Waals surface area (Å²) < 4.78 is 11.5. The normalized spacial score (nSPS) is 23.2. The van der Waals surface area contributed by atoms with E-state index in [2.05, 4.69) is 23.5 Å². The van der Waals surface area contributed by atoms with Crippen LogP contribution in [0.1, 0.15) is 43.7 Å². The van der Waals surface area contributed by atoms with Gasteiger partial charge < -0.3 is 14.8 Å². The van der Waals surface area contributed by atoms with Gasteiger partial charge in [-0.25, -0.2) is 0 Å². The van der Waals surface area contributed by atoms with Gasteiger partial charge in [0.25, 0.3) is 0 Å². The highest BCUT2D eigenvalue weighted by molar-refractivity contribution is 5.83. The Kier molecular flexibility index (Phi) is 3.80. The molecule has 0 radical (unpaired) electrons. The molecule has 1 aromatic rings. The molecule has 0 bridgehead atoms. The van der Waals surface area contributed by atoms with Gasteiger partial charge in [0.1, 0.15) is 11.9 Å². The molecular weight excluding hydrogens is 290 g/mol. The summed E-state index contributed by atoms with van der Waals surface area (Å²) in [6.45, 7) is 4.37. The fraction of sp³-hybridized carbons (Fsp3) is 0.632. The zero-order chi connectivity index (χ0) is 15.9. The van der Waals surface area contributed by atoms with Crippen molar-refractivity contribution in [3.05, 3.63) is 29.3 Å². The standard InChI is InChI=1S/C19H25NO3/c1-19(10-13-4-5-13,18(21)23-16-11-20-12-16)15-7-6-14-3-2-8-22-17(14)9-15/h6-7,9,13,16,20H,2-5,8,10-12H2,1H3. The van der Waals surface area contributed by atoms with E-state index in [-0.39, 0.29) is 12.1 Å². The number of nitrogens with one attached hydrogen (secondary N) is 1. The molecule has 23 heavy (non-hydrogen) atoms. The van der Waals surface area contributed by atoms with E-state index < -0.39 is 5.41 Å². The van der Waals surface area contributed by atoms with Gasteiger partial charge in [0.2, 0.25) is 0 Å². The molecule has 4 heteroatoms. The van der Waals surface area contributed by atoms with Crippen molar-refractivity contribution in [2.75, 3.05) is 19.7 Å². The highest BCUT2D eigenvalue weighted by Gasteiger charge is 2.43. The van der Waals surface area contributed by atoms with Crippen molar-refractivity contribution in [3.8, 4) is 5.75 Å². The summed E-state index contributed by atoms with van der Waals surface area (Å²) in [5.41, 5.74) is 1.74. The second-order valence-electron chi connectivity index (χ2n) is 7.44. The van der Waals surface area contributed by atoms with Crippen LogP contribution in [0.5, 0.6) is 5.75 Å². The molecule has 1 atom stereocenters. The van der Waals surface area contributed by atoms with Crippen molar-refractivity contribution in [1.29, 1.82) is 0 Å². The number of carbonyl (C=O) groups excluding carboxylic acids is 1. The van der Waals surface area contributed by atoms with Gasteiger partial charge >= 0.3 is 5.97 Å². The topological polar surface area (TPSA) is 47.6 Å². The van der Waals surface area contributed by atoms with E-state index in [4.69, 9.17) is 9.47 Å². The number of fused-ring (bicyclic) bond motifs is 1. The van der Waals surface area contributed by atoms with Crippen LogP contribution in [0.25, 0.3) is 0 Å². The molecule has 4 nitrogen and oxygen atoms in total. The van der Waals surface area contributed by atoms with Crippen LogP contribution in [0, 0.1) is 5.92 Å². The highest BCUT2D eigenvalue weighted by Crippen LogP contribution is 2.44. The maximum atomic E-state index is 12.9. The molecule has 1 aromatic carbocycles. The Bertz CT molecular complexity index is 607. The average molecular weight is 315 g/mol. The Hall–Kier alpha value is -1.55. The number of carbonyl (C=O) groups is 1. The minimum Gasteiger partial charge on any atom is -0.493 e. The van der Waals surface area contributed by atoms with Gasteiger partial charge in [-0.3, -0.25) is 4.79 Å². The molecule has 0 spiro atoms. The number of esters is 1. The summed E-state index contributed by atoms with van der Waals surface area (Å²) in [6, 6.07) is 6.32. The Morgan fingerprint density at radius 3 is 2.91 bits per heavy atom. The van der Waals surface area contributed by atoms with Gasteiger partial charge in [0, 0.05) is 13.1 Å². The Morgan fingerprint density at radius 1 is 1.39 bits per heavy atom. The quantitative estimate of drug-likeness (QED) is 0.849. The minimum atomic E-state index is -0.563. The van der Waals surface area contributed by atoms with Crippen LogP contribution in [-0.4, -0.2) is 31.8 Å². The smallest absolute Gasteiger partial charge is 0.316 e. The average Bonchev–Trinajstić information content (AvgIpc) is 3.33. The zero-order valence-electron chi connectivity index (χ0n) is 13.8. The molecule has 0 amide bonds. The van der Waals surface area contributed by atoms with Crippen molar-refractivity contribution >= 4 is 5.97 Å². The van der Waals surface area contributed by atoms with Crippen molar-refractivity contribution in [1.82, 2.24) is 5.32 Å². The molecule has 2 fully saturated rings. The van der Waals surface area contributed by atoms with Gasteiger partial charge in [-0.15, -0.1) is 0 Å². The highest BCUT2D eigenvalue weighted by atomic mass is 16.5. The number of ether oxygens (including phenoxy) is 2. The van der Waals surface area contributed by atoms with Gasteiger partial charge in [-0.1, -0.05) is 25.0 Å².